The molecule has 1 amide bonds. The Hall–Kier alpha value is -3.18. The van der Waals surface area contributed by atoms with Gasteiger partial charge in [0, 0.05) is 11.3 Å². The predicted molar refractivity (Wildman–Crippen MR) is 103 cm³/mol. The number of benzene rings is 3. The van der Waals surface area contributed by atoms with Crippen LogP contribution in [0.2, 0.25) is 5.02 Å². The number of halogens is 1. The monoisotopic (exact) mass is 381 g/mol. The number of carbonyl (C=O) groups is 1. The van der Waals surface area contributed by atoms with Gasteiger partial charge in [-0.3, -0.25) is 4.79 Å². The third-order valence-corrected chi connectivity index (χ3v) is 4.33. The molecular weight excluding hydrogens is 366 g/mol. The summed E-state index contributed by atoms with van der Waals surface area (Å²) in [4.78, 5) is 12.5. The van der Waals surface area contributed by atoms with Crippen molar-refractivity contribution in [3.63, 3.8) is 0 Å². The molecule has 3 aromatic rings. The van der Waals surface area contributed by atoms with Crippen molar-refractivity contribution in [2.75, 3.05) is 12.1 Å². The number of nitrogens with one attached hydrogen (secondary N) is 1. The number of anilines is 1. The maximum absolute atomic E-state index is 12.5. The van der Waals surface area contributed by atoms with Crippen LogP contribution in [0.15, 0.2) is 66.7 Å². The van der Waals surface area contributed by atoms with Gasteiger partial charge in [0.05, 0.1) is 5.02 Å². The summed E-state index contributed by atoms with van der Waals surface area (Å²) in [5.74, 6) is 1.38. The summed E-state index contributed by atoms with van der Waals surface area (Å²) in [6.45, 7) is 0.590. The Bertz CT molecular complexity index is 958. The molecule has 136 valence electrons. The molecule has 1 heterocycles. The minimum atomic E-state index is -0.284. The van der Waals surface area contributed by atoms with Gasteiger partial charge in [0.15, 0.2) is 11.5 Å². The lowest BCUT2D eigenvalue weighted by Crippen LogP contribution is -2.11. The van der Waals surface area contributed by atoms with Gasteiger partial charge in [-0.15, -0.1) is 0 Å². The van der Waals surface area contributed by atoms with Gasteiger partial charge in [-0.1, -0.05) is 41.9 Å². The zero-order chi connectivity index (χ0) is 18.6. The van der Waals surface area contributed by atoms with E-state index in [0.29, 0.717) is 34.4 Å². The highest BCUT2D eigenvalue weighted by Crippen LogP contribution is 2.39. The van der Waals surface area contributed by atoms with E-state index in [2.05, 4.69) is 5.32 Å². The minimum absolute atomic E-state index is 0.102. The minimum Gasteiger partial charge on any atom is -0.489 e. The number of fused-ring (bicyclic) bond motifs is 1. The third kappa shape index (κ3) is 3.99. The maximum atomic E-state index is 12.5. The normalized spacial score (nSPS) is 11.9. The van der Waals surface area contributed by atoms with Gasteiger partial charge in [0.2, 0.25) is 6.79 Å². The molecule has 0 spiro atoms. The van der Waals surface area contributed by atoms with E-state index in [1.54, 1.807) is 24.3 Å². The number of amides is 1. The van der Waals surface area contributed by atoms with Crippen molar-refractivity contribution < 1.29 is 19.0 Å². The average Bonchev–Trinajstić information content (AvgIpc) is 3.17. The molecule has 4 rings (SSSR count). The molecule has 27 heavy (non-hydrogen) atoms. The van der Waals surface area contributed by atoms with E-state index in [4.69, 9.17) is 25.8 Å². The summed E-state index contributed by atoms with van der Waals surface area (Å²) in [5, 5.41) is 3.18. The fraction of sp³-hybridized carbons (Fsp3) is 0.0952. The molecule has 5 nitrogen and oxygen atoms in total. The second-order valence-corrected chi connectivity index (χ2v) is 6.35. The fourth-order valence-corrected chi connectivity index (χ4v) is 2.94. The van der Waals surface area contributed by atoms with Crippen molar-refractivity contribution in [2.45, 2.75) is 6.61 Å². The van der Waals surface area contributed by atoms with Crippen molar-refractivity contribution >= 4 is 23.2 Å². The third-order valence-electron chi connectivity index (χ3n) is 4.05. The van der Waals surface area contributed by atoms with Gasteiger partial charge in [0.25, 0.3) is 5.91 Å². The highest BCUT2D eigenvalue weighted by atomic mass is 35.5. The molecule has 0 bridgehead atoms. The highest BCUT2D eigenvalue weighted by molar-refractivity contribution is 6.32. The van der Waals surface area contributed by atoms with E-state index in [1.165, 1.54) is 0 Å². The van der Waals surface area contributed by atoms with Crippen LogP contribution in [0.1, 0.15) is 15.9 Å². The molecule has 0 fully saturated rings. The Morgan fingerprint density at radius 3 is 2.59 bits per heavy atom. The summed E-state index contributed by atoms with van der Waals surface area (Å²) in [7, 11) is 0. The SMILES string of the molecule is O=C(Nc1ccc(OCc2ccccc2)cc1)c1cc(Cl)c2c(c1)OCO2. The van der Waals surface area contributed by atoms with Crippen molar-refractivity contribution in [1.29, 1.82) is 0 Å². The number of hydrogen-bond acceptors (Lipinski definition) is 4. The number of hydrogen-bond donors (Lipinski definition) is 1. The van der Waals surface area contributed by atoms with Crippen LogP contribution in [-0.2, 0) is 6.61 Å². The molecule has 6 heteroatoms. The topological polar surface area (TPSA) is 56.8 Å². The summed E-state index contributed by atoms with van der Waals surface area (Å²) in [6, 6.07) is 20.3. The predicted octanol–water partition coefficient (Wildman–Crippen LogP) is 4.90. The molecular formula is C21H16ClNO4. The van der Waals surface area contributed by atoms with E-state index >= 15 is 0 Å². The van der Waals surface area contributed by atoms with Crippen LogP contribution in [0.3, 0.4) is 0 Å². The smallest absolute Gasteiger partial charge is 0.255 e. The summed E-state index contributed by atoms with van der Waals surface area (Å²) >= 11 is 6.13. The van der Waals surface area contributed by atoms with Crippen LogP contribution in [0.25, 0.3) is 0 Å². The Labute approximate surface area is 161 Å². The van der Waals surface area contributed by atoms with E-state index in [0.717, 1.165) is 11.3 Å². The molecule has 3 aromatic carbocycles. The van der Waals surface area contributed by atoms with Crippen LogP contribution in [0.5, 0.6) is 17.2 Å². The Balaban J connectivity index is 1.39. The molecule has 0 atom stereocenters. The maximum Gasteiger partial charge on any atom is 0.255 e. The van der Waals surface area contributed by atoms with Crippen molar-refractivity contribution in [2.24, 2.45) is 0 Å². The Morgan fingerprint density at radius 2 is 1.81 bits per heavy atom. The molecule has 0 unspecified atom stereocenters. The molecule has 0 aromatic heterocycles. The quantitative estimate of drug-likeness (QED) is 0.683. The molecule has 0 saturated carbocycles. The van der Waals surface area contributed by atoms with Gasteiger partial charge >= 0.3 is 0 Å². The van der Waals surface area contributed by atoms with E-state index < -0.39 is 0 Å². The van der Waals surface area contributed by atoms with Gasteiger partial charge in [-0.2, -0.15) is 0 Å². The van der Waals surface area contributed by atoms with Crippen molar-refractivity contribution in [1.82, 2.24) is 0 Å². The Morgan fingerprint density at radius 1 is 1.04 bits per heavy atom. The second-order valence-electron chi connectivity index (χ2n) is 5.94. The number of carbonyl (C=O) groups excluding carboxylic acids is 1. The van der Waals surface area contributed by atoms with Gasteiger partial charge in [-0.25, -0.2) is 0 Å². The zero-order valence-corrected chi connectivity index (χ0v) is 15.0. The lowest BCUT2D eigenvalue weighted by molar-refractivity contribution is 0.102. The van der Waals surface area contributed by atoms with E-state index in [9.17, 15) is 4.79 Å². The van der Waals surface area contributed by atoms with Crippen LogP contribution < -0.4 is 19.5 Å². The molecule has 0 radical (unpaired) electrons. The molecule has 0 aliphatic carbocycles. The van der Waals surface area contributed by atoms with E-state index in [1.807, 2.05) is 42.5 Å². The summed E-state index contributed by atoms with van der Waals surface area (Å²) < 4.78 is 16.3. The van der Waals surface area contributed by atoms with Gasteiger partial charge in [-0.05, 0) is 42.0 Å². The van der Waals surface area contributed by atoms with Crippen LogP contribution in [-0.4, -0.2) is 12.7 Å². The second kappa shape index (κ2) is 7.60. The molecule has 1 aliphatic rings. The first-order valence-electron chi connectivity index (χ1n) is 8.36. The largest absolute Gasteiger partial charge is 0.489 e. The van der Waals surface area contributed by atoms with Gasteiger partial charge < -0.3 is 19.5 Å². The average molecular weight is 382 g/mol. The molecule has 1 N–H and O–H groups in total. The number of ether oxygens (including phenoxy) is 3. The van der Waals surface area contributed by atoms with Crippen LogP contribution in [0.4, 0.5) is 5.69 Å². The first-order valence-corrected chi connectivity index (χ1v) is 8.74. The Kier molecular flexibility index (Phi) is 4.85. The fourth-order valence-electron chi connectivity index (χ4n) is 2.68. The van der Waals surface area contributed by atoms with Crippen molar-refractivity contribution in [3.8, 4) is 17.2 Å². The van der Waals surface area contributed by atoms with Crippen molar-refractivity contribution in [3.05, 3.63) is 82.9 Å². The number of rotatable bonds is 5. The summed E-state index contributed by atoms with van der Waals surface area (Å²) in [6.07, 6.45) is 0. The van der Waals surface area contributed by atoms with E-state index in [-0.39, 0.29) is 12.7 Å². The lowest BCUT2D eigenvalue weighted by Gasteiger charge is -2.09. The van der Waals surface area contributed by atoms with Gasteiger partial charge in [0.1, 0.15) is 12.4 Å². The lowest BCUT2D eigenvalue weighted by atomic mass is 10.2. The molecule has 1 aliphatic heterocycles. The first kappa shape index (κ1) is 17.2. The van der Waals surface area contributed by atoms with Crippen LogP contribution in [0, 0.1) is 0 Å². The molecule has 0 saturated heterocycles. The first-order chi connectivity index (χ1) is 13.2. The standard InChI is InChI=1S/C21H16ClNO4/c22-18-10-15(11-19-20(18)27-13-26-19)21(24)23-16-6-8-17(9-7-16)25-12-14-4-2-1-3-5-14/h1-11H,12-13H2,(H,23,24). The summed E-state index contributed by atoms with van der Waals surface area (Å²) in [5.41, 5.74) is 2.14. The highest BCUT2D eigenvalue weighted by Gasteiger charge is 2.20. The van der Waals surface area contributed by atoms with Crippen LogP contribution >= 0.6 is 11.6 Å². The zero-order valence-electron chi connectivity index (χ0n) is 14.3.